The van der Waals surface area contributed by atoms with Gasteiger partial charge in [0, 0.05) is 29.4 Å². The number of hydrogen-bond acceptors (Lipinski definition) is 4. The SMILES string of the molecule is Cc1cc2c(c(=O)n1C)[C@@H](c1c(F)cccc1Cl)C(C#N)=C(N)O2. The molecule has 3 rings (SSSR count). The molecule has 2 aromatic rings. The zero-order chi connectivity index (χ0) is 17.6. The van der Waals surface area contributed by atoms with Crippen molar-refractivity contribution in [3.63, 3.8) is 0 Å². The maximum absolute atomic E-state index is 14.5. The van der Waals surface area contributed by atoms with Crippen LogP contribution in [0.25, 0.3) is 0 Å². The molecule has 1 aromatic carbocycles. The lowest BCUT2D eigenvalue weighted by Gasteiger charge is -2.27. The van der Waals surface area contributed by atoms with E-state index in [1.54, 1.807) is 20.0 Å². The fourth-order valence-corrected chi connectivity index (χ4v) is 3.09. The summed E-state index contributed by atoms with van der Waals surface area (Å²) in [6, 6.07) is 7.71. The molecule has 0 bridgehead atoms. The second-order valence-electron chi connectivity index (χ2n) is 5.49. The van der Waals surface area contributed by atoms with Crippen molar-refractivity contribution >= 4 is 11.6 Å². The lowest BCUT2D eigenvalue weighted by Crippen LogP contribution is -2.32. The average molecular weight is 346 g/mol. The second kappa shape index (κ2) is 5.69. The first kappa shape index (κ1) is 16.1. The molecule has 0 amide bonds. The summed E-state index contributed by atoms with van der Waals surface area (Å²) in [5.41, 5.74) is 6.21. The molecule has 0 spiro atoms. The fourth-order valence-electron chi connectivity index (χ4n) is 2.82. The van der Waals surface area contributed by atoms with Crippen molar-refractivity contribution in [1.82, 2.24) is 4.57 Å². The van der Waals surface area contributed by atoms with Crippen LogP contribution >= 0.6 is 11.6 Å². The molecule has 1 aliphatic heterocycles. The molecule has 5 nitrogen and oxygen atoms in total. The number of rotatable bonds is 1. The van der Waals surface area contributed by atoms with E-state index in [2.05, 4.69) is 0 Å². The Morgan fingerprint density at radius 2 is 2.12 bits per heavy atom. The van der Waals surface area contributed by atoms with Crippen LogP contribution in [0.3, 0.4) is 0 Å². The third-order valence-electron chi connectivity index (χ3n) is 4.14. The third-order valence-corrected chi connectivity index (χ3v) is 4.47. The number of fused-ring (bicyclic) bond motifs is 1. The van der Waals surface area contributed by atoms with Gasteiger partial charge in [-0.05, 0) is 19.1 Å². The van der Waals surface area contributed by atoms with E-state index in [-0.39, 0.29) is 33.4 Å². The minimum absolute atomic E-state index is 0.0316. The highest BCUT2D eigenvalue weighted by Gasteiger charge is 2.36. The topological polar surface area (TPSA) is 81.0 Å². The molecule has 2 heterocycles. The van der Waals surface area contributed by atoms with Gasteiger partial charge in [0.15, 0.2) is 0 Å². The summed E-state index contributed by atoms with van der Waals surface area (Å²) < 4.78 is 21.3. The number of ether oxygens (including phenoxy) is 1. The number of pyridine rings is 1. The van der Waals surface area contributed by atoms with Crippen LogP contribution in [-0.4, -0.2) is 4.57 Å². The molecular formula is C17H13ClFN3O2. The highest BCUT2D eigenvalue weighted by Crippen LogP contribution is 2.43. The first-order valence-corrected chi connectivity index (χ1v) is 7.46. The Hall–Kier alpha value is -2.78. The van der Waals surface area contributed by atoms with Gasteiger partial charge in [0.2, 0.25) is 5.88 Å². The molecule has 0 saturated carbocycles. The van der Waals surface area contributed by atoms with Crippen LogP contribution in [0.15, 0.2) is 40.5 Å². The molecule has 2 N–H and O–H groups in total. The van der Waals surface area contributed by atoms with E-state index in [1.165, 1.54) is 22.8 Å². The summed E-state index contributed by atoms with van der Waals surface area (Å²) in [6.45, 7) is 1.73. The summed E-state index contributed by atoms with van der Waals surface area (Å²) in [6.07, 6.45) is 0. The number of benzene rings is 1. The molecule has 24 heavy (non-hydrogen) atoms. The maximum atomic E-state index is 14.5. The van der Waals surface area contributed by atoms with Crippen LogP contribution in [-0.2, 0) is 7.05 Å². The number of allylic oxidation sites excluding steroid dienone is 1. The van der Waals surface area contributed by atoms with Crippen LogP contribution < -0.4 is 16.0 Å². The Morgan fingerprint density at radius 3 is 2.75 bits per heavy atom. The lowest BCUT2D eigenvalue weighted by molar-refractivity contribution is 0.388. The van der Waals surface area contributed by atoms with Gasteiger partial charge in [-0.1, -0.05) is 17.7 Å². The summed E-state index contributed by atoms with van der Waals surface area (Å²) in [7, 11) is 1.59. The van der Waals surface area contributed by atoms with E-state index in [0.29, 0.717) is 5.69 Å². The van der Waals surface area contributed by atoms with Gasteiger partial charge in [-0.25, -0.2) is 4.39 Å². The number of nitrogens with zero attached hydrogens (tertiary/aromatic N) is 2. The minimum atomic E-state index is -1.02. The van der Waals surface area contributed by atoms with Gasteiger partial charge in [-0.3, -0.25) is 4.79 Å². The fraction of sp³-hybridized carbons (Fsp3) is 0.176. The monoisotopic (exact) mass is 345 g/mol. The molecule has 0 aliphatic carbocycles. The molecule has 1 atom stereocenters. The molecule has 0 fully saturated rings. The third kappa shape index (κ3) is 2.25. The van der Waals surface area contributed by atoms with Gasteiger partial charge in [-0.15, -0.1) is 0 Å². The first-order valence-electron chi connectivity index (χ1n) is 7.08. The van der Waals surface area contributed by atoms with Crippen molar-refractivity contribution in [2.45, 2.75) is 12.8 Å². The van der Waals surface area contributed by atoms with Crippen LogP contribution in [0.2, 0.25) is 5.02 Å². The Morgan fingerprint density at radius 1 is 1.42 bits per heavy atom. The Balaban J connectivity index is 2.43. The molecule has 7 heteroatoms. The van der Waals surface area contributed by atoms with E-state index < -0.39 is 17.3 Å². The summed E-state index contributed by atoms with van der Waals surface area (Å²) in [4.78, 5) is 12.8. The minimum Gasteiger partial charge on any atom is -0.440 e. The van der Waals surface area contributed by atoms with Crippen LogP contribution in [0.4, 0.5) is 4.39 Å². The largest absolute Gasteiger partial charge is 0.440 e. The predicted octanol–water partition coefficient (Wildman–Crippen LogP) is 2.70. The maximum Gasteiger partial charge on any atom is 0.258 e. The lowest BCUT2D eigenvalue weighted by atomic mass is 9.83. The highest BCUT2D eigenvalue weighted by atomic mass is 35.5. The van der Waals surface area contributed by atoms with Gasteiger partial charge in [-0.2, -0.15) is 5.26 Å². The Kier molecular flexibility index (Phi) is 3.82. The second-order valence-corrected chi connectivity index (χ2v) is 5.90. The number of nitriles is 1. The van der Waals surface area contributed by atoms with Crippen molar-refractivity contribution in [3.05, 3.63) is 73.7 Å². The molecule has 1 aliphatic rings. The quantitative estimate of drug-likeness (QED) is 0.861. The van der Waals surface area contributed by atoms with Gasteiger partial charge < -0.3 is 15.0 Å². The summed E-state index contributed by atoms with van der Waals surface area (Å²) >= 11 is 6.16. The predicted molar refractivity (Wildman–Crippen MR) is 87.1 cm³/mol. The van der Waals surface area contributed by atoms with Gasteiger partial charge in [0.25, 0.3) is 5.56 Å². The van der Waals surface area contributed by atoms with Crippen molar-refractivity contribution in [1.29, 1.82) is 5.26 Å². The Labute approximate surface area is 142 Å². The average Bonchev–Trinajstić information content (AvgIpc) is 2.52. The zero-order valence-electron chi connectivity index (χ0n) is 12.9. The van der Waals surface area contributed by atoms with E-state index in [9.17, 15) is 14.4 Å². The molecule has 0 unspecified atom stereocenters. The van der Waals surface area contributed by atoms with E-state index in [4.69, 9.17) is 22.1 Å². The van der Waals surface area contributed by atoms with Crippen LogP contribution in [0.5, 0.6) is 5.75 Å². The first-order chi connectivity index (χ1) is 11.4. The summed E-state index contributed by atoms with van der Waals surface area (Å²) in [5, 5.41) is 9.58. The van der Waals surface area contributed by atoms with E-state index in [1.807, 2.05) is 6.07 Å². The van der Waals surface area contributed by atoms with Gasteiger partial charge >= 0.3 is 0 Å². The van der Waals surface area contributed by atoms with Gasteiger partial charge in [0.05, 0.1) is 11.5 Å². The van der Waals surface area contributed by atoms with Crippen LogP contribution in [0, 0.1) is 24.1 Å². The molecule has 1 aromatic heterocycles. The standard InChI is InChI=1S/C17H13ClFN3O2/c1-8-6-12-15(17(23)22(8)2)13(9(7-20)16(21)24-12)14-10(18)4-3-5-11(14)19/h3-6,13H,21H2,1-2H3/t13-/m1/s1. The number of aryl methyl sites for hydroxylation is 1. The molecule has 0 saturated heterocycles. The number of hydrogen-bond donors (Lipinski definition) is 1. The molecular weight excluding hydrogens is 333 g/mol. The van der Waals surface area contributed by atoms with Crippen molar-refractivity contribution in [2.75, 3.05) is 0 Å². The highest BCUT2D eigenvalue weighted by molar-refractivity contribution is 6.31. The number of halogens is 2. The van der Waals surface area contributed by atoms with Gasteiger partial charge in [0.1, 0.15) is 23.2 Å². The van der Waals surface area contributed by atoms with Crippen molar-refractivity contribution in [3.8, 4) is 11.8 Å². The van der Waals surface area contributed by atoms with E-state index >= 15 is 0 Å². The number of aromatic nitrogens is 1. The Bertz CT molecular complexity index is 968. The smallest absolute Gasteiger partial charge is 0.258 e. The zero-order valence-corrected chi connectivity index (χ0v) is 13.7. The number of nitrogens with two attached hydrogens (primary N) is 1. The van der Waals surface area contributed by atoms with Crippen LogP contribution in [0.1, 0.15) is 22.7 Å². The summed E-state index contributed by atoms with van der Waals surface area (Å²) in [5.74, 6) is -1.60. The molecule has 0 radical (unpaired) electrons. The van der Waals surface area contributed by atoms with Crippen molar-refractivity contribution < 1.29 is 9.13 Å². The molecule has 122 valence electrons. The van der Waals surface area contributed by atoms with E-state index in [0.717, 1.165) is 0 Å². The van der Waals surface area contributed by atoms with Crippen molar-refractivity contribution in [2.24, 2.45) is 12.8 Å². The normalized spacial score (nSPS) is 16.4.